The number of likely N-dealkylation sites (tertiary alicyclic amines) is 1. The minimum Gasteiger partial charge on any atom is -0.441 e. The van der Waals surface area contributed by atoms with Gasteiger partial charge >= 0.3 is 6.09 Å². The van der Waals surface area contributed by atoms with Crippen LogP contribution in [-0.2, 0) is 9.53 Å². The van der Waals surface area contributed by atoms with Crippen molar-refractivity contribution in [1.82, 2.24) is 19.3 Å². The van der Waals surface area contributed by atoms with Gasteiger partial charge in [0.2, 0.25) is 5.91 Å². The number of nitrogens with zero attached hydrogens (tertiary/aromatic N) is 4. The van der Waals surface area contributed by atoms with Gasteiger partial charge in [-0.25, -0.2) is 4.79 Å². The molecule has 3 fully saturated rings. The van der Waals surface area contributed by atoms with Crippen LogP contribution in [0.5, 0.6) is 0 Å². The van der Waals surface area contributed by atoms with E-state index in [2.05, 4.69) is 11.9 Å². The first-order valence-corrected chi connectivity index (χ1v) is 11.6. The fourth-order valence-corrected chi connectivity index (χ4v) is 5.24. The van der Waals surface area contributed by atoms with E-state index in [1.807, 2.05) is 45.8 Å². The Morgan fingerprint density at radius 3 is 2.53 bits per heavy atom. The van der Waals surface area contributed by atoms with E-state index in [4.69, 9.17) is 4.74 Å². The molecule has 0 bridgehead atoms. The lowest BCUT2D eigenvalue weighted by atomic mass is 9.91. The molecule has 0 radical (unpaired) electrons. The molecule has 7 nitrogen and oxygen atoms in total. The summed E-state index contributed by atoms with van der Waals surface area (Å²) in [4.78, 5) is 31.6. The van der Waals surface area contributed by atoms with Crippen LogP contribution >= 0.6 is 0 Å². The van der Waals surface area contributed by atoms with Gasteiger partial charge in [-0.3, -0.25) is 4.79 Å². The fraction of sp³-hybridized carbons (Fsp3) is 0.739. The van der Waals surface area contributed by atoms with Crippen LogP contribution in [0, 0.1) is 0 Å². The second kappa shape index (κ2) is 9.00. The Morgan fingerprint density at radius 1 is 1.20 bits per heavy atom. The molecule has 1 atom stereocenters. The highest BCUT2D eigenvalue weighted by atomic mass is 16.6. The summed E-state index contributed by atoms with van der Waals surface area (Å²) in [5, 5.41) is 0. The van der Waals surface area contributed by atoms with Gasteiger partial charge in [-0.05, 0) is 38.9 Å². The van der Waals surface area contributed by atoms with Gasteiger partial charge in [0.1, 0.15) is 11.6 Å². The summed E-state index contributed by atoms with van der Waals surface area (Å²) in [5.74, 6) is 0.135. The number of hydrogen-bond acceptors (Lipinski definition) is 4. The van der Waals surface area contributed by atoms with Crippen molar-refractivity contribution in [2.45, 2.75) is 69.6 Å². The van der Waals surface area contributed by atoms with Crippen molar-refractivity contribution in [1.29, 1.82) is 0 Å². The average Bonchev–Trinajstić information content (AvgIpc) is 3.41. The predicted octanol–water partition coefficient (Wildman–Crippen LogP) is 3.13. The topological polar surface area (TPSA) is 58.0 Å². The predicted molar refractivity (Wildman–Crippen MR) is 115 cm³/mol. The third-order valence-electron chi connectivity index (χ3n) is 7.38. The maximum atomic E-state index is 12.8. The van der Waals surface area contributed by atoms with Crippen molar-refractivity contribution in [2.24, 2.45) is 0 Å². The largest absolute Gasteiger partial charge is 0.441 e. The van der Waals surface area contributed by atoms with Crippen LogP contribution in [-0.4, -0.2) is 82.7 Å². The highest BCUT2D eigenvalue weighted by Gasteiger charge is 2.47. The summed E-state index contributed by atoms with van der Waals surface area (Å²) < 4.78 is 7.80. The zero-order valence-electron chi connectivity index (χ0n) is 18.5. The Bertz CT molecular complexity index is 721. The summed E-state index contributed by atoms with van der Waals surface area (Å²) >= 11 is 0. The van der Waals surface area contributed by atoms with E-state index >= 15 is 0 Å². The number of carbonyl (C=O) groups is 2. The second-order valence-electron chi connectivity index (χ2n) is 9.38. The zero-order valence-corrected chi connectivity index (χ0v) is 18.5. The smallest absolute Gasteiger partial charge is 0.410 e. The molecule has 166 valence electrons. The molecule has 2 saturated heterocycles. The molecule has 0 unspecified atom stereocenters. The second-order valence-corrected chi connectivity index (χ2v) is 9.38. The minimum absolute atomic E-state index is 0.135. The molecule has 2 aliphatic heterocycles. The Morgan fingerprint density at radius 2 is 1.87 bits per heavy atom. The van der Waals surface area contributed by atoms with E-state index in [1.165, 1.54) is 32.1 Å². The first-order chi connectivity index (χ1) is 14.5. The van der Waals surface area contributed by atoms with Gasteiger partial charge in [0.25, 0.3) is 0 Å². The molecular weight excluding hydrogens is 380 g/mol. The molecule has 30 heavy (non-hydrogen) atoms. The van der Waals surface area contributed by atoms with Gasteiger partial charge in [-0.1, -0.05) is 19.3 Å². The van der Waals surface area contributed by atoms with Crippen LogP contribution in [0.2, 0.25) is 0 Å². The Kier molecular flexibility index (Phi) is 6.37. The molecular formula is C23H36N4O3. The van der Waals surface area contributed by atoms with Gasteiger partial charge < -0.3 is 24.0 Å². The number of likely N-dealkylation sites (N-methyl/N-ethyl adjacent to an activating group) is 1. The highest BCUT2D eigenvalue weighted by Crippen LogP contribution is 2.34. The molecule has 3 aliphatic rings. The van der Waals surface area contributed by atoms with Gasteiger partial charge in [0.05, 0.1) is 6.54 Å². The third kappa shape index (κ3) is 4.51. The number of aromatic nitrogens is 1. The molecule has 7 heteroatoms. The summed E-state index contributed by atoms with van der Waals surface area (Å²) in [6.07, 6.45) is 11.7. The van der Waals surface area contributed by atoms with Crippen molar-refractivity contribution in [3.63, 3.8) is 0 Å². The molecule has 1 aromatic heterocycles. The summed E-state index contributed by atoms with van der Waals surface area (Å²) in [6, 6.07) is 4.33. The van der Waals surface area contributed by atoms with Gasteiger partial charge in [-0.2, -0.15) is 0 Å². The number of hydrogen-bond donors (Lipinski definition) is 0. The molecule has 1 aromatic rings. The van der Waals surface area contributed by atoms with Crippen LogP contribution in [0.15, 0.2) is 24.5 Å². The SMILES string of the molecule is C[C@@H](C(=O)N1CCC2(CC1)CN(CCN(C)C1CCCCC1)C(=O)O2)n1cccc1. The molecule has 1 aliphatic carbocycles. The van der Waals surface area contributed by atoms with Crippen molar-refractivity contribution in [3.8, 4) is 0 Å². The van der Waals surface area contributed by atoms with Crippen molar-refractivity contribution in [3.05, 3.63) is 24.5 Å². The van der Waals surface area contributed by atoms with E-state index in [9.17, 15) is 9.59 Å². The molecule has 3 heterocycles. The molecule has 0 aromatic carbocycles. The van der Waals surface area contributed by atoms with Gasteiger partial charge in [0, 0.05) is 57.5 Å². The van der Waals surface area contributed by atoms with Gasteiger partial charge in [0.15, 0.2) is 0 Å². The molecule has 4 rings (SSSR count). The zero-order chi connectivity index (χ0) is 21.1. The molecule has 0 N–H and O–H groups in total. The normalized spacial score (nSPS) is 23.2. The number of amides is 2. The first-order valence-electron chi connectivity index (χ1n) is 11.6. The Balaban J connectivity index is 1.26. The lowest BCUT2D eigenvalue weighted by molar-refractivity contribution is -0.137. The lowest BCUT2D eigenvalue weighted by Crippen LogP contribution is -2.50. The lowest BCUT2D eigenvalue weighted by Gasteiger charge is -2.38. The quantitative estimate of drug-likeness (QED) is 0.715. The van der Waals surface area contributed by atoms with Crippen LogP contribution in [0.25, 0.3) is 0 Å². The minimum atomic E-state index is -0.423. The molecule has 1 saturated carbocycles. The summed E-state index contributed by atoms with van der Waals surface area (Å²) in [6.45, 7) is 5.50. The van der Waals surface area contributed by atoms with Crippen molar-refractivity contribution in [2.75, 3.05) is 39.8 Å². The maximum absolute atomic E-state index is 12.8. The van der Waals surface area contributed by atoms with E-state index in [-0.39, 0.29) is 18.0 Å². The van der Waals surface area contributed by atoms with Crippen LogP contribution in [0.4, 0.5) is 4.79 Å². The Hall–Kier alpha value is -2.02. The third-order valence-corrected chi connectivity index (χ3v) is 7.38. The van der Waals surface area contributed by atoms with Crippen molar-refractivity contribution < 1.29 is 14.3 Å². The van der Waals surface area contributed by atoms with E-state index in [1.54, 1.807) is 0 Å². The van der Waals surface area contributed by atoms with Crippen molar-refractivity contribution >= 4 is 12.0 Å². The average molecular weight is 417 g/mol. The maximum Gasteiger partial charge on any atom is 0.410 e. The monoisotopic (exact) mass is 416 g/mol. The molecule has 1 spiro atoms. The Labute approximate surface area is 179 Å². The molecule has 2 amide bonds. The first kappa shape index (κ1) is 21.2. The van der Waals surface area contributed by atoms with E-state index in [0.29, 0.717) is 25.7 Å². The number of piperidine rings is 1. The van der Waals surface area contributed by atoms with Gasteiger partial charge in [-0.15, -0.1) is 0 Å². The van der Waals surface area contributed by atoms with E-state index in [0.717, 1.165) is 25.9 Å². The summed E-state index contributed by atoms with van der Waals surface area (Å²) in [7, 11) is 2.18. The van der Waals surface area contributed by atoms with Crippen LogP contribution in [0.3, 0.4) is 0 Å². The standard InChI is InChI=1S/C23H36N4O3/c1-19(25-12-6-7-13-25)21(28)26-14-10-23(11-15-26)18-27(22(29)30-23)17-16-24(2)20-8-4-3-5-9-20/h6-7,12-13,19-20H,3-5,8-11,14-18H2,1-2H3/t19-/m0/s1. The highest BCUT2D eigenvalue weighted by molar-refractivity contribution is 5.80. The summed E-state index contributed by atoms with van der Waals surface area (Å²) in [5.41, 5.74) is -0.423. The fourth-order valence-electron chi connectivity index (χ4n) is 5.24. The number of ether oxygens (including phenoxy) is 1. The van der Waals surface area contributed by atoms with Crippen LogP contribution < -0.4 is 0 Å². The number of rotatable bonds is 6. The van der Waals surface area contributed by atoms with Crippen LogP contribution in [0.1, 0.15) is 57.9 Å². The number of carbonyl (C=O) groups excluding carboxylic acids is 2. The van der Waals surface area contributed by atoms with E-state index < -0.39 is 5.60 Å².